The average Bonchev–Trinajstić information content (AvgIpc) is 2.98. The number of nitrogens with two attached hydrogens (primary N) is 1. The molecular weight excluding hydrogens is 262 g/mol. The van der Waals surface area contributed by atoms with Crippen LogP contribution in [0, 0.1) is 11.8 Å². The fourth-order valence-electron chi connectivity index (χ4n) is 4.13. The molecule has 0 radical (unpaired) electrons. The second-order valence-electron chi connectivity index (χ2n) is 7.10. The fourth-order valence-corrected chi connectivity index (χ4v) is 4.13. The van der Waals surface area contributed by atoms with Gasteiger partial charge in [0.2, 0.25) is 5.89 Å². The van der Waals surface area contributed by atoms with Crippen molar-refractivity contribution < 1.29 is 4.52 Å². The maximum absolute atomic E-state index is 6.22. The van der Waals surface area contributed by atoms with Gasteiger partial charge in [-0.25, -0.2) is 0 Å². The highest BCUT2D eigenvalue weighted by Crippen LogP contribution is 2.36. The van der Waals surface area contributed by atoms with Gasteiger partial charge in [0, 0.05) is 18.4 Å². The first-order chi connectivity index (χ1) is 10.3. The smallest absolute Gasteiger partial charge is 0.226 e. The number of aromatic nitrogens is 2. The predicted octanol–water partition coefficient (Wildman–Crippen LogP) is 3.81. The summed E-state index contributed by atoms with van der Waals surface area (Å²) in [7, 11) is 0. The van der Waals surface area contributed by atoms with Gasteiger partial charge in [-0.3, -0.25) is 0 Å². The number of rotatable bonds is 4. The molecule has 21 heavy (non-hydrogen) atoms. The molecule has 2 saturated carbocycles. The van der Waals surface area contributed by atoms with Crippen molar-refractivity contribution in [1.82, 2.24) is 10.1 Å². The zero-order valence-electron chi connectivity index (χ0n) is 13.3. The van der Waals surface area contributed by atoms with Crippen LogP contribution in [0.25, 0.3) is 0 Å². The van der Waals surface area contributed by atoms with Crippen molar-refractivity contribution in [3.8, 4) is 0 Å². The summed E-state index contributed by atoms with van der Waals surface area (Å²) >= 11 is 0. The van der Waals surface area contributed by atoms with Crippen molar-refractivity contribution in [3.05, 3.63) is 11.7 Å². The van der Waals surface area contributed by atoms with Crippen LogP contribution in [0.5, 0.6) is 0 Å². The Bertz CT molecular complexity index is 445. The van der Waals surface area contributed by atoms with Crippen molar-refractivity contribution >= 4 is 0 Å². The van der Waals surface area contributed by atoms with E-state index in [1.54, 1.807) is 0 Å². The van der Waals surface area contributed by atoms with Crippen molar-refractivity contribution in [2.45, 2.75) is 83.1 Å². The first-order valence-electron chi connectivity index (χ1n) is 8.84. The molecule has 4 atom stereocenters. The summed E-state index contributed by atoms with van der Waals surface area (Å²) in [4.78, 5) is 4.70. The number of hydrogen-bond acceptors (Lipinski definition) is 4. The van der Waals surface area contributed by atoms with E-state index in [2.05, 4.69) is 12.1 Å². The van der Waals surface area contributed by atoms with E-state index in [-0.39, 0.29) is 0 Å². The molecule has 2 aliphatic rings. The molecule has 4 unspecified atom stereocenters. The van der Waals surface area contributed by atoms with Crippen LogP contribution in [-0.4, -0.2) is 16.2 Å². The maximum atomic E-state index is 6.22. The van der Waals surface area contributed by atoms with Gasteiger partial charge >= 0.3 is 0 Å². The highest BCUT2D eigenvalue weighted by Gasteiger charge is 2.28. The van der Waals surface area contributed by atoms with Gasteiger partial charge in [0.15, 0.2) is 5.82 Å². The monoisotopic (exact) mass is 291 g/mol. The Labute approximate surface area is 127 Å². The lowest BCUT2D eigenvalue weighted by molar-refractivity contribution is 0.270. The van der Waals surface area contributed by atoms with Crippen LogP contribution < -0.4 is 5.73 Å². The van der Waals surface area contributed by atoms with Crippen molar-refractivity contribution in [1.29, 1.82) is 0 Å². The lowest BCUT2D eigenvalue weighted by atomic mass is 9.80. The largest absolute Gasteiger partial charge is 0.339 e. The van der Waals surface area contributed by atoms with Crippen LogP contribution in [0.1, 0.15) is 82.3 Å². The molecule has 1 heterocycles. The summed E-state index contributed by atoms with van der Waals surface area (Å²) in [6, 6.07) is 0.313. The SMILES string of the molecule is CCC1CCCC(c2noc(CC3CCCCC3N)n2)C1. The van der Waals surface area contributed by atoms with Crippen LogP contribution in [-0.2, 0) is 6.42 Å². The van der Waals surface area contributed by atoms with E-state index >= 15 is 0 Å². The van der Waals surface area contributed by atoms with Gasteiger partial charge in [-0.1, -0.05) is 44.2 Å². The summed E-state index contributed by atoms with van der Waals surface area (Å²) in [5, 5.41) is 4.27. The maximum Gasteiger partial charge on any atom is 0.226 e. The summed E-state index contributed by atoms with van der Waals surface area (Å²) in [6.07, 6.45) is 12.2. The Kier molecular flexibility index (Phi) is 4.94. The first-order valence-corrected chi connectivity index (χ1v) is 8.84. The first kappa shape index (κ1) is 15.0. The molecular formula is C17H29N3O. The van der Waals surface area contributed by atoms with Crippen LogP contribution in [0.2, 0.25) is 0 Å². The molecule has 0 bridgehead atoms. The summed E-state index contributed by atoms with van der Waals surface area (Å²) < 4.78 is 5.52. The third kappa shape index (κ3) is 3.65. The lowest BCUT2D eigenvalue weighted by Crippen LogP contribution is -2.34. The summed E-state index contributed by atoms with van der Waals surface area (Å²) in [5.41, 5.74) is 6.22. The van der Waals surface area contributed by atoms with E-state index in [0.29, 0.717) is 17.9 Å². The minimum atomic E-state index is 0.313. The van der Waals surface area contributed by atoms with Crippen molar-refractivity contribution in [2.24, 2.45) is 17.6 Å². The molecule has 4 heteroatoms. The number of hydrogen-bond donors (Lipinski definition) is 1. The van der Waals surface area contributed by atoms with Crippen LogP contribution >= 0.6 is 0 Å². The van der Waals surface area contributed by atoms with Gasteiger partial charge in [0.25, 0.3) is 0 Å². The second kappa shape index (κ2) is 6.91. The molecule has 2 fully saturated rings. The molecule has 0 saturated heterocycles. The molecule has 1 aromatic rings. The van der Waals surface area contributed by atoms with Gasteiger partial charge in [-0.15, -0.1) is 0 Å². The van der Waals surface area contributed by atoms with Gasteiger partial charge in [0.05, 0.1) is 0 Å². The average molecular weight is 291 g/mol. The second-order valence-corrected chi connectivity index (χ2v) is 7.10. The van der Waals surface area contributed by atoms with Gasteiger partial charge < -0.3 is 10.3 Å². The standard InChI is InChI=1S/C17H29N3O/c1-2-12-6-5-8-14(10-12)17-19-16(21-20-17)11-13-7-3-4-9-15(13)18/h12-15H,2-11,18H2,1H3. The lowest BCUT2D eigenvalue weighted by Gasteiger charge is -2.27. The molecule has 2 aliphatic carbocycles. The van der Waals surface area contributed by atoms with E-state index in [1.807, 2.05) is 0 Å². The number of nitrogens with zero attached hydrogens (tertiary/aromatic N) is 2. The highest BCUT2D eigenvalue weighted by molar-refractivity contribution is 4.99. The Morgan fingerprint density at radius 3 is 2.81 bits per heavy atom. The molecule has 3 rings (SSSR count). The van der Waals surface area contributed by atoms with Crippen LogP contribution in [0.4, 0.5) is 0 Å². The van der Waals surface area contributed by atoms with Gasteiger partial charge in [-0.2, -0.15) is 4.98 Å². The Morgan fingerprint density at radius 2 is 2.00 bits per heavy atom. The summed E-state index contributed by atoms with van der Waals surface area (Å²) in [6.45, 7) is 2.29. The molecule has 118 valence electrons. The molecule has 0 amide bonds. The fraction of sp³-hybridized carbons (Fsp3) is 0.882. The highest BCUT2D eigenvalue weighted by atomic mass is 16.5. The Balaban J connectivity index is 1.60. The van der Waals surface area contributed by atoms with E-state index in [1.165, 1.54) is 51.4 Å². The van der Waals surface area contributed by atoms with Crippen LogP contribution in [0.3, 0.4) is 0 Å². The zero-order chi connectivity index (χ0) is 14.7. The van der Waals surface area contributed by atoms with Crippen LogP contribution in [0.15, 0.2) is 4.52 Å². The normalized spacial score (nSPS) is 34.0. The minimum absolute atomic E-state index is 0.313. The predicted molar refractivity (Wildman–Crippen MR) is 82.9 cm³/mol. The van der Waals surface area contributed by atoms with Crippen molar-refractivity contribution in [3.63, 3.8) is 0 Å². The van der Waals surface area contributed by atoms with E-state index in [0.717, 1.165) is 30.5 Å². The molecule has 0 spiro atoms. The zero-order valence-corrected chi connectivity index (χ0v) is 13.3. The molecule has 1 aromatic heterocycles. The molecule has 4 nitrogen and oxygen atoms in total. The molecule has 0 aliphatic heterocycles. The van der Waals surface area contributed by atoms with Gasteiger partial charge in [0.1, 0.15) is 0 Å². The van der Waals surface area contributed by atoms with E-state index in [4.69, 9.17) is 15.2 Å². The summed E-state index contributed by atoms with van der Waals surface area (Å²) in [5.74, 6) is 3.65. The minimum Gasteiger partial charge on any atom is -0.339 e. The third-order valence-corrected chi connectivity index (χ3v) is 5.61. The Hall–Kier alpha value is -0.900. The Morgan fingerprint density at radius 1 is 1.14 bits per heavy atom. The van der Waals surface area contributed by atoms with Crippen molar-refractivity contribution in [2.75, 3.05) is 0 Å². The quantitative estimate of drug-likeness (QED) is 0.916. The molecule has 0 aromatic carbocycles. The molecule has 2 N–H and O–H groups in total. The topological polar surface area (TPSA) is 64.9 Å². The van der Waals surface area contributed by atoms with E-state index < -0.39 is 0 Å². The van der Waals surface area contributed by atoms with E-state index in [9.17, 15) is 0 Å². The third-order valence-electron chi connectivity index (χ3n) is 5.61. The van der Waals surface area contributed by atoms with Gasteiger partial charge in [-0.05, 0) is 37.5 Å².